The summed E-state index contributed by atoms with van der Waals surface area (Å²) in [6.07, 6.45) is 4.23. The van der Waals surface area contributed by atoms with Crippen LogP contribution in [0.15, 0.2) is 15.4 Å². The van der Waals surface area contributed by atoms with Crippen molar-refractivity contribution < 1.29 is 14.0 Å². The van der Waals surface area contributed by atoms with Gasteiger partial charge in [-0.05, 0) is 23.5 Å². The Labute approximate surface area is 188 Å². The number of hydrogen-bond donors (Lipinski definition) is 1. The molecule has 4 heterocycles. The van der Waals surface area contributed by atoms with Crippen molar-refractivity contribution in [3.8, 4) is 0 Å². The number of carbonyl (C=O) groups is 2. The van der Waals surface area contributed by atoms with Crippen molar-refractivity contribution >= 4 is 11.8 Å². The molecule has 0 radical (unpaired) electrons. The lowest BCUT2D eigenvalue weighted by Gasteiger charge is -2.31. The molecule has 2 aliphatic heterocycles. The third-order valence-corrected chi connectivity index (χ3v) is 6.60. The molecule has 1 N–H and O–H groups in total. The molecule has 8 nitrogen and oxygen atoms in total. The lowest BCUT2D eigenvalue weighted by molar-refractivity contribution is -0.133. The Morgan fingerprint density at radius 2 is 1.91 bits per heavy atom. The molecule has 0 aromatic carbocycles. The van der Waals surface area contributed by atoms with Crippen LogP contribution in [0.1, 0.15) is 85.3 Å². The summed E-state index contributed by atoms with van der Waals surface area (Å²) in [7, 11) is 0. The van der Waals surface area contributed by atoms with Crippen molar-refractivity contribution in [1.82, 2.24) is 19.8 Å². The smallest absolute Gasteiger partial charge is 0.261 e. The van der Waals surface area contributed by atoms with E-state index in [4.69, 9.17) is 4.42 Å². The van der Waals surface area contributed by atoms with Gasteiger partial charge in [0.1, 0.15) is 17.0 Å². The van der Waals surface area contributed by atoms with E-state index < -0.39 is 0 Å². The number of fused-ring (bicyclic) bond motifs is 2. The van der Waals surface area contributed by atoms with Gasteiger partial charge in [-0.3, -0.25) is 14.4 Å². The summed E-state index contributed by atoms with van der Waals surface area (Å²) in [6, 6.07) is 0. The SMILES string of the molecule is CCC(C)CC(=O)N1CCc2c(c[nH]c(=O)c2C(=O)N2CCc3oc(C(C)C)nc3C2)C1. The molecule has 2 aliphatic rings. The lowest BCUT2D eigenvalue weighted by Crippen LogP contribution is -2.42. The molecule has 2 aromatic heterocycles. The fourth-order valence-electron chi connectivity index (χ4n) is 4.38. The summed E-state index contributed by atoms with van der Waals surface area (Å²) in [5.74, 6) is 1.88. The Bertz CT molecular complexity index is 1080. The van der Waals surface area contributed by atoms with Crippen LogP contribution in [-0.4, -0.2) is 44.7 Å². The first-order valence-electron chi connectivity index (χ1n) is 11.6. The van der Waals surface area contributed by atoms with Gasteiger partial charge in [0.05, 0.1) is 6.54 Å². The number of rotatable bonds is 5. The van der Waals surface area contributed by atoms with Gasteiger partial charge in [-0.1, -0.05) is 34.1 Å². The van der Waals surface area contributed by atoms with Gasteiger partial charge >= 0.3 is 0 Å². The molecule has 2 amide bonds. The molecule has 32 heavy (non-hydrogen) atoms. The Balaban J connectivity index is 1.55. The molecule has 8 heteroatoms. The predicted octanol–water partition coefficient (Wildman–Crippen LogP) is 3.01. The number of H-pyrrole nitrogens is 1. The van der Waals surface area contributed by atoms with E-state index in [0.717, 1.165) is 29.0 Å². The second-order valence-electron chi connectivity index (χ2n) is 9.33. The maximum absolute atomic E-state index is 13.4. The van der Waals surface area contributed by atoms with Crippen LogP contribution in [0.25, 0.3) is 0 Å². The molecule has 0 fully saturated rings. The maximum Gasteiger partial charge on any atom is 0.261 e. The standard InChI is InChI=1S/C24H32N4O4/c1-5-15(4)10-20(29)27-8-6-17-16(12-27)11-25-22(30)21(17)24(31)28-9-7-19-18(13-28)26-23(32-19)14(2)3/h11,14-15H,5-10,12-13H2,1-4H3,(H,25,30). The van der Waals surface area contributed by atoms with Crippen LogP contribution in [0.3, 0.4) is 0 Å². The minimum Gasteiger partial charge on any atom is -0.445 e. The van der Waals surface area contributed by atoms with Crippen molar-refractivity contribution in [1.29, 1.82) is 0 Å². The van der Waals surface area contributed by atoms with E-state index in [0.29, 0.717) is 57.3 Å². The van der Waals surface area contributed by atoms with E-state index in [-0.39, 0.29) is 28.9 Å². The third kappa shape index (κ3) is 4.23. The molecular weight excluding hydrogens is 408 g/mol. The van der Waals surface area contributed by atoms with Gasteiger partial charge in [-0.15, -0.1) is 0 Å². The van der Waals surface area contributed by atoms with E-state index in [1.807, 2.05) is 18.7 Å². The summed E-state index contributed by atoms with van der Waals surface area (Å²) < 4.78 is 5.83. The second kappa shape index (κ2) is 8.92. The molecule has 0 saturated carbocycles. The Morgan fingerprint density at radius 3 is 2.62 bits per heavy atom. The van der Waals surface area contributed by atoms with Crippen LogP contribution in [-0.2, 0) is 30.7 Å². The first-order valence-corrected chi connectivity index (χ1v) is 11.6. The van der Waals surface area contributed by atoms with Gasteiger partial charge < -0.3 is 19.2 Å². The van der Waals surface area contributed by atoms with Crippen molar-refractivity contribution in [3.63, 3.8) is 0 Å². The fraction of sp³-hybridized carbons (Fsp3) is 0.583. The zero-order chi connectivity index (χ0) is 23.0. The van der Waals surface area contributed by atoms with Crippen LogP contribution in [0.4, 0.5) is 0 Å². The number of pyridine rings is 1. The van der Waals surface area contributed by atoms with E-state index in [9.17, 15) is 14.4 Å². The molecule has 0 aliphatic carbocycles. The van der Waals surface area contributed by atoms with Crippen molar-refractivity contribution in [2.75, 3.05) is 13.1 Å². The summed E-state index contributed by atoms with van der Waals surface area (Å²) in [5.41, 5.74) is 2.21. The Morgan fingerprint density at radius 1 is 1.16 bits per heavy atom. The van der Waals surface area contributed by atoms with Crippen molar-refractivity contribution in [3.05, 3.63) is 50.6 Å². The van der Waals surface area contributed by atoms with Gasteiger partial charge in [0.2, 0.25) is 5.91 Å². The van der Waals surface area contributed by atoms with E-state index in [2.05, 4.69) is 23.8 Å². The van der Waals surface area contributed by atoms with Gasteiger partial charge in [0, 0.05) is 44.6 Å². The first kappa shape index (κ1) is 22.3. The molecular formula is C24H32N4O4. The highest BCUT2D eigenvalue weighted by Crippen LogP contribution is 2.27. The molecule has 4 rings (SSSR count). The van der Waals surface area contributed by atoms with Crippen LogP contribution in [0.5, 0.6) is 0 Å². The van der Waals surface area contributed by atoms with E-state index >= 15 is 0 Å². The van der Waals surface area contributed by atoms with Crippen molar-refractivity contribution in [2.45, 2.75) is 72.4 Å². The molecule has 2 aromatic rings. The van der Waals surface area contributed by atoms with Crippen LogP contribution in [0.2, 0.25) is 0 Å². The number of nitrogens with zero attached hydrogens (tertiary/aromatic N) is 3. The molecule has 172 valence electrons. The highest BCUT2D eigenvalue weighted by molar-refractivity contribution is 5.96. The van der Waals surface area contributed by atoms with Gasteiger partial charge in [0.25, 0.3) is 11.5 Å². The molecule has 1 unspecified atom stereocenters. The topological polar surface area (TPSA) is 99.5 Å². The molecule has 0 bridgehead atoms. The summed E-state index contributed by atoms with van der Waals surface area (Å²) in [6.45, 7) is 9.98. The number of oxazole rings is 1. The number of aromatic amines is 1. The summed E-state index contributed by atoms with van der Waals surface area (Å²) in [5, 5.41) is 0. The van der Waals surface area contributed by atoms with Gasteiger partial charge in [0.15, 0.2) is 5.89 Å². The molecule has 0 saturated heterocycles. The van der Waals surface area contributed by atoms with E-state index in [1.165, 1.54) is 0 Å². The number of amides is 2. The maximum atomic E-state index is 13.4. The highest BCUT2D eigenvalue weighted by Gasteiger charge is 2.32. The largest absolute Gasteiger partial charge is 0.445 e. The van der Waals surface area contributed by atoms with Gasteiger partial charge in [-0.25, -0.2) is 4.98 Å². The van der Waals surface area contributed by atoms with E-state index in [1.54, 1.807) is 11.1 Å². The Kier molecular flexibility index (Phi) is 6.22. The number of carbonyl (C=O) groups excluding carboxylic acids is 2. The number of aromatic nitrogens is 2. The zero-order valence-corrected chi connectivity index (χ0v) is 19.4. The van der Waals surface area contributed by atoms with Crippen LogP contribution >= 0.6 is 0 Å². The first-order chi connectivity index (χ1) is 15.3. The fourth-order valence-corrected chi connectivity index (χ4v) is 4.38. The minimum absolute atomic E-state index is 0.125. The zero-order valence-electron chi connectivity index (χ0n) is 19.4. The number of hydrogen-bond acceptors (Lipinski definition) is 5. The quantitative estimate of drug-likeness (QED) is 0.770. The summed E-state index contributed by atoms with van der Waals surface area (Å²) in [4.78, 5) is 49.5. The monoisotopic (exact) mass is 440 g/mol. The third-order valence-electron chi connectivity index (χ3n) is 6.60. The molecule has 1 atom stereocenters. The van der Waals surface area contributed by atoms with Gasteiger partial charge in [-0.2, -0.15) is 0 Å². The number of nitrogens with one attached hydrogen (secondary N) is 1. The summed E-state index contributed by atoms with van der Waals surface area (Å²) >= 11 is 0. The molecule has 0 spiro atoms. The lowest BCUT2D eigenvalue weighted by atomic mass is 9.95. The van der Waals surface area contributed by atoms with Crippen molar-refractivity contribution in [2.24, 2.45) is 5.92 Å². The van der Waals surface area contributed by atoms with Crippen LogP contribution in [0, 0.1) is 5.92 Å². The minimum atomic E-state index is -0.373. The second-order valence-corrected chi connectivity index (χ2v) is 9.33. The Hall–Kier alpha value is -2.90. The average Bonchev–Trinajstić information content (AvgIpc) is 3.22. The average molecular weight is 441 g/mol. The normalized spacial score (nSPS) is 16.7. The van der Waals surface area contributed by atoms with Crippen LogP contribution < -0.4 is 5.56 Å². The predicted molar refractivity (Wildman–Crippen MR) is 119 cm³/mol. The highest BCUT2D eigenvalue weighted by atomic mass is 16.4.